The Kier molecular flexibility index (Phi) is 7.98. The Labute approximate surface area is 133 Å². The summed E-state index contributed by atoms with van der Waals surface area (Å²) in [7, 11) is 0. The maximum absolute atomic E-state index is 11.7. The molecule has 1 aromatic carbocycles. The van der Waals surface area contributed by atoms with Crippen LogP contribution in [-0.2, 0) is 27.3 Å². The van der Waals surface area contributed by atoms with Crippen LogP contribution in [0.15, 0.2) is 24.3 Å². The summed E-state index contributed by atoms with van der Waals surface area (Å²) in [5.41, 5.74) is 1.56. The number of anilines is 1. The predicted molar refractivity (Wildman–Crippen MR) is 86.0 cm³/mol. The first-order valence-corrected chi connectivity index (χ1v) is 8.45. The van der Waals surface area contributed by atoms with Gasteiger partial charge < -0.3 is 9.27 Å². The minimum atomic E-state index is -2.32. The number of carbonyl (C=O) groups excluding carboxylic acids is 2. The Bertz CT molecular complexity index is 525. The molecule has 0 aliphatic carbocycles. The van der Waals surface area contributed by atoms with Gasteiger partial charge in [0, 0.05) is 42.1 Å². The molecule has 0 amide bonds. The number of aryl methyl sites for hydroxylation is 1. The van der Waals surface area contributed by atoms with Crippen molar-refractivity contribution in [2.45, 2.75) is 46.0 Å². The second-order valence-corrected chi connectivity index (χ2v) is 6.22. The first kappa shape index (κ1) is 18.5. The van der Waals surface area contributed by atoms with Crippen molar-refractivity contribution in [3.8, 4) is 0 Å². The van der Waals surface area contributed by atoms with Gasteiger partial charge >= 0.3 is 0 Å². The van der Waals surface area contributed by atoms with E-state index in [1.54, 1.807) is 12.1 Å². The van der Waals surface area contributed by atoms with Crippen LogP contribution in [0.25, 0.3) is 0 Å². The first-order valence-electron chi connectivity index (χ1n) is 7.37. The van der Waals surface area contributed by atoms with E-state index in [2.05, 4.69) is 4.72 Å². The number of hydrogen-bond acceptors (Lipinski definition) is 4. The fourth-order valence-corrected chi connectivity index (χ4v) is 2.33. The second kappa shape index (κ2) is 9.48. The van der Waals surface area contributed by atoms with Crippen LogP contribution in [0.2, 0.25) is 0 Å². The van der Waals surface area contributed by atoms with Gasteiger partial charge in [0.15, 0.2) is 0 Å². The maximum atomic E-state index is 11.7. The molecule has 0 aliphatic rings. The summed E-state index contributed by atoms with van der Waals surface area (Å²) in [6.45, 7) is 3.68. The van der Waals surface area contributed by atoms with Gasteiger partial charge in [-0.25, -0.2) is 0 Å². The number of nitrogens with one attached hydrogen (secondary N) is 1. The summed E-state index contributed by atoms with van der Waals surface area (Å²) in [5.74, 6) is 0.240. The van der Waals surface area contributed by atoms with E-state index in [0.717, 1.165) is 18.4 Å². The van der Waals surface area contributed by atoms with Crippen LogP contribution >= 0.6 is 0 Å². The average Bonchev–Trinajstić information content (AvgIpc) is 2.46. The van der Waals surface area contributed by atoms with Gasteiger partial charge in [0.1, 0.15) is 11.6 Å². The summed E-state index contributed by atoms with van der Waals surface area (Å²) in [5, 5.41) is 0. The summed E-state index contributed by atoms with van der Waals surface area (Å²) >= 11 is -2.32. The first-order chi connectivity index (χ1) is 10.4. The van der Waals surface area contributed by atoms with Crippen LogP contribution in [0.5, 0.6) is 0 Å². The highest BCUT2D eigenvalue weighted by atomic mass is 32.2. The zero-order valence-corrected chi connectivity index (χ0v) is 13.8. The van der Waals surface area contributed by atoms with Crippen LogP contribution in [0.4, 0.5) is 5.69 Å². The highest BCUT2D eigenvalue weighted by Gasteiger charge is 2.10. The molecular weight excluding hydrogens is 302 g/mol. The molecule has 122 valence electrons. The van der Waals surface area contributed by atoms with Crippen LogP contribution in [0.1, 0.15) is 45.1 Å². The topological polar surface area (TPSA) is 86.3 Å². The number of carbonyl (C=O) groups is 2. The predicted octanol–water partition coefficient (Wildman–Crippen LogP) is 2.79. The Hall–Kier alpha value is -1.53. The zero-order chi connectivity index (χ0) is 16.5. The number of benzene rings is 1. The number of hydrogen-bond donors (Lipinski definition) is 1. The van der Waals surface area contributed by atoms with E-state index in [1.165, 1.54) is 0 Å². The van der Waals surface area contributed by atoms with Crippen LogP contribution < -0.4 is 4.72 Å². The minimum absolute atomic E-state index is 0.0108. The molecule has 1 rings (SSSR count). The molecule has 1 atom stereocenters. The molecule has 0 fully saturated rings. The van der Waals surface area contributed by atoms with Gasteiger partial charge in [-0.15, -0.1) is 0 Å². The van der Waals surface area contributed by atoms with Crippen molar-refractivity contribution in [1.82, 2.24) is 0 Å². The molecular formula is C16H22NO4S-. The Morgan fingerprint density at radius 1 is 1.14 bits per heavy atom. The molecule has 0 bridgehead atoms. The van der Waals surface area contributed by atoms with Crippen LogP contribution in [-0.4, -0.2) is 20.3 Å². The SMILES string of the molecule is CC(C)C(=O)CCC(=O)CCCc1ccc(NS(=O)[O-])cc1. The molecule has 0 saturated heterocycles. The molecule has 5 nitrogen and oxygen atoms in total. The number of ketones is 2. The summed E-state index contributed by atoms with van der Waals surface area (Å²) in [6.07, 6.45) is 2.62. The number of Topliss-reactive ketones (excluding diaryl/α,β-unsaturated/α-hetero) is 2. The van der Waals surface area contributed by atoms with E-state index < -0.39 is 11.3 Å². The maximum Gasteiger partial charge on any atom is 0.135 e. The quantitative estimate of drug-likeness (QED) is 0.670. The van der Waals surface area contributed by atoms with Crippen LogP contribution in [0, 0.1) is 5.92 Å². The van der Waals surface area contributed by atoms with E-state index in [4.69, 9.17) is 0 Å². The molecule has 1 aromatic rings. The highest BCUT2D eigenvalue weighted by molar-refractivity contribution is 7.80. The van der Waals surface area contributed by atoms with E-state index in [-0.39, 0.29) is 17.5 Å². The van der Waals surface area contributed by atoms with Crippen molar-refractivity contribution in [2.75, 3.05) is 4.72 Å². The monoisotopic (exact) mass is 324 g/mol. The Balaban J connectivity index is 2.27. The molecule has 0 aliphatic heterocycles. The van der Waals surface area contributed by atoms with Gasteiger partial charge in [0.05, 0.1) is 0 Å². The molecule has 0 heterocycles. The van der Waals surface area contributed by atoms with E-state index in [9.17, 15) is 18.4 Å². The highest BCUT2D eigenvalue weighted by Crippen LogP contribution is 2.13. The van der Waals surface area contributed by atoms with E-state index in [1.807, 2.05) is 26.0 Å². The number of rotatable bonds is 10. The van der Waals surface area contributed by atoms with Gasteiger partial charge in [-0.2, -0.15) is 0 Å². The summed E-state index contributed by atoms with van der Waals surface area (Å²) < 4.78 is 23.2. The molecule has 0 radical (unpaired) electrons. The standard InChI is InChI=1S/C16H23NO4S/c1-12(2)16(19)11-10-15(18)5-3-4-13-6-8-14(9-7-13)17-22(20)21/h6-9,12,17H,3-5,10-11H2,1-2H3,(H,20,21)/p-1. The minimum Gasteiger partial charge on any atom is -0.755 e. The van der Waals surface area contributed by atoms with Crippen molar-refractivity contribution in [3.05, 3.63) is 29.8 Å². The molecule has 0 spiro atoms. The third-order valence-corrected chi connectivity index (χ3v) is 3.77. The molecule has 22 heavy (non-hydrogen) atoms. The molecule has 6 heteroatoms. The van der Waals surface area contributed by atoms with Crippen molar-refractivity contribution in [3.63, 3.8) is 0 Å². The Morgan fingerprint density at radius 3 is 2.32 bits per heavy atom. The molecule has 0 saturated carbocycles. The van der Waals surface area contributed by atoms with Crippen molar-refractivity contribution >= 4 is 28.5 Å². The lowest BCUT2D eigenvalue weighted by Gasteiger charge is -2.09. The summed E-state index contributed by atoms with van der Waals surface area (Å²) in [6, 6.07) is 7.05. The fraction of sp³-hybridized carbons (Fsp3) is 0.500. The smallest absolute Gasteiger partial charge is 0.135 e. The van der Waals surface area contributed by atoms with Gasteiger partial charge in [0.2, 0.25) is 0 Å². The molecule has 1 unspecified atom stereocenters. The lowest BCUT2D eigenvalue weighted by molar-refractivity contribution is -0.125. The average molecular weight is 324 g/mol. The van der Waals surface area contributed by atoms with Crippen molar-refractivity contribution in [1.29, 1.82) is 0 Å². The lowest BCUT2D eigenvalue weighted by atomic mass is 10.00. The van der Waals surface area contributed by atoms with E-state index >= 15 is 0 Å². The van der Waals surface area contributed by atoms with Crippen molar-refractivity contribution in [2.24, 2.45) is 5.92 Å². The third-order valence-electron chi connectivity index (χ3n) is 3.37. The molecule has 1 N–H and O–H groups in total. The lowest BCUT2D eigenvalue weighted by Crippen LogP contribution is -2.09. The summed E-state index contributed by atoms with van der Waals surface area (Å²) in [4.78, 5) is 23.2. The molecule has 0 aromatic heterocycles. The normalized spacial score (nSPS) is 12.2. The van der Waals surface area contributed by atoms with Crippen LogP contribution in [0.3, 0.4) is 0 Å². The Morgan fingerprint density at radius 2 is 1.77 bits per heavy atom. The van der Waals surface area contributed by atoms with Gasteiger partial charge in [0.25, 0.3) is 0 Å². The second-order valence-electron chi connectivity index (χ2n) is 5.55. The van der Waals surface area contributed by atoms with E-state index in [0.29, 0.717) is 24.9 Å². The largest absolute Gasteiger partial charge is 0.755 e. The van der Waals surface area contributed by atoms with Gasteiger partial charge in [-0.3, -0.25) is 13.8 Å². The zero-order valence-electron chi connectivity index (χ0n) is 13.0. The van der Waals surface area contributed by atoms with Crippen molar-refractivity contribution < 1.29 is 18.4 Å². The van der Waals surface area contributed by atoms with Gasteiger partial charge in [-0.05, 0) is 30.5 Å². The van der Waals surface area contributed by atoms with Gasteiger partial charge in [-0.1, -0.05) is 26.0 Å². The fourth-order valence-electron chi connectivity index (χ4n) is 2.00. The third kappa shape index (κ3) is 7.47.